The quantitative estimate of drug-likeness (QED) is 0.609. The third-order valence-electron chi connectivity index (χ3n) is 1.89. The van der Waals surface area contributed by atoms with Crippen molar-refractivity contribution < 1.29 is 9.15 Å². The molecule has 68 valence electrons. The zero-order valence-electron chi connectivity index (χ0n) is 7.58. The van der Waals surface area contributed by atoms with E-state index >= 15 is 0 Å². The van der Waals surface area contributed by atoms with E-state index in [-0.39, 0.29) is 0 Å². The van der Waals surface area contributed by atoms with Crippen LogP contribution in [0.1, 0.15) is 24.8 Å². The lowest BCUT2D eigenvalue weighted by atomic mass is 10.1. The monoisotopic (exact) mass is 168 g/mol. The molecule has 0 radical (unpaired) electrons. The van der Waals surface area contributed by atoms with Crippen LogP contribution in [0.15, 0.2) is 23.0 Å². The molecule has 0 bridgehead atoms. The number of furan rings is 1. The molecule has 1 rings (SSSR count). The molecule has 2 heteroatoms. The summed E-state index contributed by atoms with van der Waals surface area (Å²) in [6.07, 6.45) is 8.29. The van der Waals surface area contributed by atoms with Crippen LogP contribution in [-0.2, 0) is 11.2 Å². The number of methoxy groups -OCH3 is 1. The molecule has 1 heterocycles. The van der Waals surface area contributed by atoms with Crippen molar-refractivity contribution in [2.24, 2.45) is 0 Å². The van der Waals surface area contributed by atoms with Gasteiger partial charge in [-0.25, -0.2) is 0 Å². The molecular weight excluding hydrogens is 152 g/mol. The predicted molar refractivity (Wildman–Crippen MR) is 48.1 cm³/mol. The smallest absolute Gasteiger partial charge is 0.0934 e. The van der Waals surface area contributed by atoms with Crippen LogP contribution in [0, 0.1) is 0 Å². The van der Waals surface area contributed by atoms with Crippen molar-refractivity contribution in [3.05, 3.63) is 24.2 Å². The highest BCUT2D eigenvalue weighted by molar-refractivity contribution is 5.04. The van der Waals surface area contributed by atoms with Crippen LogP contribution < -0.4 is 0 Å². The van der Waals surface area contributed by atoms with E-state index < -0.39 is 0 Å². The van der Waals surface area contributed by atoms with E-state index in [9.17, 15) is 0 Å². The largest absolute Gasteiger partial charge is 0.472 e. The van der Waals surface area contributed by atoms with Crippen LogP contribution in [-0.4, -0.2) is 13.7 Å². The first-order valence-corrected chi connectivity index (χ1v) is 4.43. The Morgan fingerprint density at radius 2 is 2.25 bits per heavy atom. The Morgan fingerprint density at radius 3 is 2.92 bits per heavy atom. The van der Waals surface area contributed by atoms with E-state index in [1.807, 2.05) is 12.3 Å². The van der Waals surface area contributed by atoms with E-state index in [2.05, 4.69) is 0 Å². The highest BCUT2D eigenvalue weighted by Crippen LogP contribution is 2.06. The van der Waals surface area contributed by atoms with Crippen molar-refractivity contribution in [1.29, 1.82) is 0 Å². The molecule has 0 aliphatic carbocycles. The fourth-order valence-corrected chi connectivity index (χ4v) is 1.19. The molecule has 0 atom stereocenters. The van der Waals surface area contributed by atoms with E-state index in [4.69, 9.17) is 9.15 Å². The third-order valence-corrected chi connectivity index (χ3v) is 1.89. The van der Waals surface area contributed by atoms with Gasteiger partial charge in [-0.3, -0.25) is 0 Å². The summed E-state index contributed by atoms with van der Waals surface area (Å²) in [7, 11) is 1.75. The molecule has 0 unspecified atom stereocenters. The van der Waals surface area contributed by atoms with Gasteiger partial charge >= 0.3 is 0 Å². The van der Waals surface area contributed by atoms with Crippen LogP contribution >= 0.6 is 0 Å². The summed E-state index contributed by atoms with van der Waals surface area (Å²) in [5.41, 5.74) is 1.30. The SMILES string of the molecule is COCCCCCc1ccoc1. The molecule has 2 nitrogen and oxygen atoms in total. The fraction of sp³-hybridized carbons (Fsp3) is 0.600. The molecular formula is C10H16O2. The molecule has 0 N–H and O–H groups in total. The van der Waals surface area contributed by atoms with Crippen molar-refractivity contribution in [3.63, 3.8) is 0 Å². The molecule has 0 aliphatic heterocycles. The van der Waals surface area contributed by atoms with Crippen molar-refractivity contribution in [2.45, 2.75) is 25.7 Å². The van der Waals surface area contributed by atoms with Crippen molar-refractivity contribution in [1.82, 2.24) is 0 Å². The van der Waals surface area contributed by atoms with Crippen LogP contribution in [0.2, 0.25) is 0 Å². The summed E-state index contributed by atoms with van der Waals surface area (Å²) >= 11 is 0. The first kappa shape index (κ1) is 9.33. The van der Waals surface area contributed by atoms with Gasteiger partial charge in [0.05, 0.1) is 12.5 Å². The van der Waals surface area contributed by atoms with Crippen LogP contribution in [0.4, 0.5) is 0 Å². The minimum absolute atomic E-state index is 0.880. The molecule has 12 heavy (non-hydrogen) atoms. The van der Waals surface area contributed by atoms with E-state index in [0.29, 0.717) is 0 Å². The summed E-state index contributed by atoms with van der Waals surface area (Å²) in [6, 6.07) is 2.02. The highest BCUT2D eigenvalue weighted by atomic mass is 16.5. The average molecular weight is 168 g/mol. The van der Waals surface area contributed by atoms with Gasteiger partial charge in [0.25, 0.3) is 0 Å². The molecule has 1 aromatic rings. The Labute approximate surface area is 73.5 Å². The van der Waals surface area contributed by atoms with Crippen LogP contribution in [0.5, 0.6) is 0 Å². The lowest BCUT2D eigenvalue weighted by molar-refractivity contribution is 0.192. The number of ether oxygens (including phenoxy) is 1. The molecule has 0 aliphatic rings. The third kappa shape index (κ3) is 3.58. The minimum atomic E-state index is 0.880. The number of unbranched alkanes of at least 4 members (excludes halogenated alkanes) is 2. The first-order chi connectivity index (χ1) is 5.93. The van der Waals surface area contributed by atoms with E-state index in [1.165, 1.54) is 18.4 Å². The second kappa shape index (κ2) is 5.84. The Morgan fingerprint density at radius 1 is 1.33 bits per heavy atom. The Balaban J connectivity index is 1.96. The van der Waals surface area contributed by atoms with Crippen LogP contribution in [0.25, 0.3) is 0 Å². The first-order valence-electron chi connectivity index (χ1n) is 4.43. The number of hydrogen-bond acceptors (Lipinski definition) is 2. The molecule has 0 aromatic carbocycles. The minimum Gasteiger partial charge on any atom is -0.472 e. The summed E-state index contributed by atoms with van der Waals surface area (Å²) < 4.78 is 9.93. The number of hydrogen-bond donors (Lipinski definition) is 0. The van der Waals surface area contributed by atoms with Gasteiger partial charge < -0.3 is 9.15 Å². The van der Waals surface area contributed by atoms with E-state index in [1.54, 1.807) is 13.4 Å². The van der Waals surface area contributed by atoms with Gasteiger partial charge in [-0.1, -0.05) is 6.42 Å². The lowest BCUT2D eigenvalue weighted by Crippen LogP contribution is -1.89. The highest BCUT2D eigenvalue weighted by Gasteiger charge is 1.93. The normalized spacial score (nSPS) is 10.4. The maximum absolute atomic E-state index is 4.97. The Bertz CT molecular complexity index is 180. The summed E-state index contributed by atoms with van der Waals surface area (Å²) in [5.74, 6) is 0. The number of aryl methyl sites for hydroxylation is 1. The molecule has 0 saturated carbocycles. The summed E-state index contributed by atoms with van der Waals surface area (Å²) in [5, 5.41) is 0. The van der Waals surface area contributed by atoms with Gasteiger partial charge in [0.15, 0.2) is 0 Å². The summed E-state index contributed by atoms with van der Waals surface area (Å²) in [4.78, 5) is 0. The lowest BCUT2D eigenvalue weighted by Gasteiger charge is -1.97. The van der Waals surface area contributed by atoms with Gasteiger partial charge in [0, 0.05) is 13.7 Å². The zero-order valence-corrected chi connectivity index (χ0v) is 7.58. The molecule has 0 saturated heterocycles. The topological polar surface area (TPSA) is 22.4 Å². The number of rotatable bonds is 6. The van der Waals surface area contributed by atoms with Gasteiger partial charge in [-0.15, -0.1) is 0 Å². The zero-order chi connectivity index (χ0) is 8.65. The van der Waals surface area contributed by atoms with Crippen molar-refractivity contribution >= 4 is 0 Å². The second-order valence-corrected chi connectivity index (χ2v) is 2.94. The van der Waals surface area contributed by atoms with Gasteiger partial charge in [-0.2, -0.15) is 0 Å². The predicted octanol–water partition coefficient (Wildman–Crippen LogP) is 2.64. The van der Waals surface area contributed by atoms with Gasteiger partial charge in [-0.05, 0) is 30.9 Å². The maximum Gasteiger partial charge on any atom is 0.0934 e. The van der Waals surface area contributed by atoms with Crippen molar-refractivity contribution in [2.75, 3.05) is 13.7 Å². The summed E-state index contributed by atoms with van der Waals surface area (Å²) in [6.45, 7) is 0.880. The fourth-order valence-electron chi connectivity index (χ4n) is 1.19. The van der Waals surface area contributed by atoms with Gasteiger partial charge in [0.1, 0.15) is 0 Å². The molecule has 0 fully saturated rings. The van der Waals surface area contributed by atoms with E-state index in [0.717, 1.165) is 19.4 Å². The average Bonchev–Trinajstić information content (AvgIpc) is 2.57. The molecule has 0 amide bonds. The maximum atomic E-state index is 4.97. The Kier molecular flexibility index (Phi) is 4.54. The Hall–Kier alpha value is -0.760. The molecule has 1 aromatic heterocycles. The standard InChI is InChI=1S/C10H16O2/c1-11-7-4-2-3-5-10-6-8-12-9-10/h6,8-9H,2-5,7H2,1H3. The second-order valence-electron chi connectivity index (χ2n) is 2.94. The van der Waals surface area contributed by atoms with Crippen LogP contribution in [0.3, 0.4) is 0 Å². The van der Waals surface area contributed by atoms with Gasteiger partial charge in [0.2, 0.25) is 0 Å². The molecule has 0 spiro atoms. The van der Waals surface area contributed by atoms with Crippen molar-refractivity contribution in [3.8, 4) is 0 Å².